The standard InChI is InChI=1S/C17H16Cl3N3O4/c1-4-9(8-5-6-10(26-2)11(7-8)27-3)22-23-14-12(18)15(17(24)25)21-16(20)13(14)19/h5-7H,4H2,1-3H3,(H,21,23)(H,24,25)/b22-9+. The van der Waals surface area contributed by atoms with Crippen LogP contribution in [0.5, 0.6) is 11.5 Å². The van der Waals surface area contributed by atoms with Crippen molar-refractivity contribution in [3.05, 3.63) is 44.7 Å². The third-order valence-corrected chi connectivity index (χ3v) is 4.70. The van der Waals surface area contributed by atoms with Gasteiger partial charge in [-0.3, -0.25) is 5.43 Å². The minimum atomic E-state index is -1.33. The summed E-state index contributed by atoms with van der Waals surface area (Å²) in [5, 5.41) is 13.1. The molecule has 2 aromatic rings. The summed E-state index contributed by atoms with van der Waals surface area (Å²) in [5.41, 5.74) is 3.75. The van der Waals surface area contributed by atoms with E-state index in [1.54, 1.807) is 19.2 Å². The van der Waals surface area contributed by atoms with E-state index in [-0.39, 0.29) is 20.9 Å². The van der Waals surface area contributed by atoms with Crippen molar-refractivity contribution in [3.8, 4) is 11.5 Å². The highest BCUT2D eigenvalue weighted by Crippen LogP contribution is 2.37. The highest BCUT2D eigenvalue weighted by atomic mass is 35.5. The van der Waals surface area contributed by atoms with Crippen LogP contribution in [0.15, 0.2) is 23.3 Å². The van der Waals surface area contributed by atoms with Crippen LogP contribution in [-0.2, 0) is 0 Å². The molecule has 27 heavy (non-hydrogen) atoms. The number of pyridine rings is 1. The molecule has 144 valence electrons. The van der Waals surface area contributed by atoms with Gasteiger partial charge in [0, 0.05) is 5.56 Å². The molecular formula is C17H16Cl3N3O4. The third kappa shape index (κ3) is 4.55. The van der Waals surface area contributed by atoms with Gasteiger partial charge in [-0.15, -0.1) is 0 Å². The molecule has 0 saturated carbocycles. The molecule has 0 saturated heterocycles. The Morgan fingerprint density at radius 3 is 2.41 bits per heavy atom. The molecule has 0 aliphatic rings. The van der Waals surface area contributed by atoms with Crippen molar-refractivity contribution in [1.82, 2.24) is 4.98 Å². The quantitative estimate of drug-likeness (QED) is 0.364. The van der Waals surface area contributed by atoms with Crippen LogP contribution in [0.1, 0.15) is 29.4 Å². The van der Waals surface area contributed by atoms with E-state index in [1.807, 2.05) is 13.0 Å². The molecule has 2 rings (SSSR count). The van der Waals surface area contributed by atoms with E-state index in [9.17, 15) is 9.90 Å². The van der Waals surface area contributed by atoms with E-state index >= 15 is 0 Å². The van der Waals surface area contributed by atoms with E-state index in [4.69, 9.17) is 44.3 Å². The van der Waals surface area contributed by atoms with Crippen LogP contribution in [0.3, 0.4) is 0 Å². The molecule has 2 N–H and O–H groups in total. The van der Waals surface area contributed by atoms with E-state index in [2.05, 4.69) is 15.5 Å². The SMILES string of the molecule is CC/C(=N\Nc1c(Cl)c(Cl)nc(C(=O)O)c1Cl)c1ccc(OC)c(OC)c1. The van der Waals surface area contributed by atoms with Crippen molar-refractivity contribution >= 4 is 52.2 Å². The molecular weight excluding hydrogens is 417 g/mol. The maximum atomic E-state index is 11.2. The first-order valence-corrected chi connectivity index (χ1v) is 8.80. The fourth-order valence-corrected chi connectivity index (χ4v) is 2.91. The van der Waals surface area contributed by atoms with Gasteiger partial charge in [-0.05, 0) is 24.6 Å². The number of aromatic carboxylic acids is 1. The highest BCUT2D eigenvalue weighted by molar-refractivity contribution is 6.46. The third-order valence-electron chi connectivity index (χ3n) is 3.59. The van der Waals surface area contributed by atoms with Crippen molar-refractivity contribution in [2.75, 3.05) is 19.6 Å². The Balaban J connectivity index is 2.45. The number of carboxylic acids is 1. The molecule has 0 amide bonds. The van der Waals surface area contributed by atoms with Crippen LogP contribution in [0, 0.1) is 0 Å². The number of aromatic nitrogens is 1. The summed E-state index contributed by atoms with van der Waals surface area (Å²) in [7, 11) is 3.08. The summed E-state index contributed by atoms with van der Waals surface area (Å²) in [6.07, 6.45) is 0.558. The van der Waals surface area contributed by atoms with Gasteiger partial charge in [0.25, 0.3) is 0 Å². The number of carbonyl (C=O) groups is 1. The number of methoxy groups -OCH3 is 2. The number of hydrazone groups is 1. The number of anilines is 1. The maximum absolute atomic E-state index is 11.2. The monoisotopic (exact) mass is 431 g/mol. The molecule has 0 spiro atoms. The maximum Gasteiger partial charge on any atom is 0.356 e. The topological polar surface area (TPSA) is 93.0 Å². The van der Waals surface area contributed by atoms with Gasteiger partial charge in [-0.1, -0.05) is 41.7 Å². The van der Waals surface area contributed by atoms with E-state index in [0.717, 1.165) is 5.56 Å². The smallest absolute Gasteiger partial charge is 0.356 e. The van der Waals surface area contributed by atoms with Gasteiger partial charge >= 0.3 is 5.97 Å². The summed E-state index contributed by atoms with van der Waals surface area (Å²) < 4.78 is 10.5. The second kappa shape index (κ2) is 9.12. The molecule has 0 bridgehead atoms. The Morgan fingerprint density at radius 2 is 1.85 bits per heavy atom. The van der Waals surface area contributed by atoms with Crippen LogP contribution >= 0.6 is 34.8 Å². The minimum Gasteiger partial charge on any atom is -0.493 e. The van der Waals surface area contributed by atoms with E-state index in [0.29, 0.717) is 23.6 Å². The number of hydrogen-bond acceptors (Lipinski definition) is 6. The van der Waals surface area contributed by atoms with Gasteiger partial charge in [0.15, 0.2) is 22.3 Å². The lowest BCUT2D eigenvalue weighted by Gasteiger charge is -2.13. The average Bonchev–Trinajstić information content (AvgIpc) is 2.66. The Bertz CT molecular complexity index is 903. The molecule has 1 aromatic carbocycles. The largest absolute Gasteiger partial charge is 0.493 e. The van der Waals surface area contributed by atoms with E-state index < -0.39 is 11.7 Å². The van der Waals surface area contributed by atoms with Crippen LogP contribution < -0.4 is 14.9 Å². The number of nitrogens with zero attached hydrogens (tertiary/aromatic N) is 2. The van der Waals surface area contributed by atoms with Crippen molar-refractivity contribution in [2.24, 2.45) is 5.10 Å². The van der Waals surface area contributed by atoms with Crippen molar-refractivity contribution in [3.63, 3.8) is 0 Å². The van der Waals surface area contributed by atoms with Crippen molar-refractivity contribution < 1.29 is 19.4 Å². The molecule has 0 aliphatic carbocycles. The first-order chi connectivity index (χ1) is 12.8. The van der Waals surface area contributed by atoms with Crippen molar-refractivity contribution in [1.29, 1.82) is 0 Å². The second-order valence-corrected chi connectivity index (χ2v) is 6.27. The summed E-state index contributed by atoms with van der Waals surface area (Å²) in [6, 6.07) is 5.34. The lowest BCUT2D eigenvalue weighted by atomic mass is 10.1. The van der Waals surface area contributed by atoms with Crippen molar-refractivity contribution in [2.45, 2.75) is 13.3 Å². The second-order valence-electron chi connectivity index (χ2n) is 5.15. The van der Waals surface area contributed by atoms with Crippen LogP contribution in [0.25, 0.3) is 0 Å². The Morgan fingerprint density at radius 1 is 1.19 bits per heavy atom. The number of carboxylic acid groups (broad SMARTS) is 1. The molecule has 0 fully saturated rings. The Kier molecular flexibility index (Phi) is 7.12. The number of benzene rings is 1. The number of nitrogens with one attached hydrogen (secondary N) is 1. The summed E-state index contributed by atoms with van der Waals surface area (Å²) in [6.45, 7) is 1.91. The molecule has 1 aromatic heterocycles. The zero-order chi connectivity index (χ0) is 20.1. The lowest BCUT2D eigenvalue weighted by molar-refractivity contribution is 0.0691. The zero-order valence-electron chi connectivity index (χ0n) is 14.6. The lowest BCUT2D eigenvalue weighted by Crippen LogP contribution is -2.08. The molecule has 0 radical (unpaired) electrons. The molecule has 1 heterocycles. The fraction of sp³-hybridized carbons (Fsp3) is 0.235. The number of hydrogen-bond donors (Lipinski definition) is 2. The normalized spacial score (nSPS) is 11.3. The summed E-state index contributed by atoms with van der Waals surface area (Å²) in [5.74, 6) is -0.198. The number of halogens is 3. The first-order valence-electron chi connectivity index (χ1n) is 7.66. The van der Waals surface area contributed by atoms with E-state index in [1.165, 1.54) is 7.11 Å². The summed E-state index contributed by atoms with van der Waals surface area (Å²) >= 11 is 18.1. The average molecular weight is 433 g/mol. The highest BCUT2D eigenvalue weighted by Gasteiger charge is 2.21. The molecule has 0 atom stereocenters. The van der Waals surface area contributed by atoms with Gasteiger partial charge in [-0.2, -0.15) is 5.10 Å². The molecule has 10 heteroatoms. The van der Waals surface area contributed by atoms with Gasteiger partial charge in [0.05, 0.1) is 25.6 Å². The minimum absolute atomic E-state index is 0.0295. The molecule has 0 unspecified atom stereocenters. The molecule has 7 nitrogen and oxygen atoms in total. The predicted molar refractivity (Wildman–Crippen MR) is 106 cm³/mol. The Labute approximate surface area is 170 Å². The van der Waals surface area contributed by atoms with Gasteiger partial charge in [0.2, 0.25) is 0 Å². The first kappa shape index (κ1) is 21.1. The van der Waals surface area contributed by atoms with Crippen LogP contribution in [0.2, 0.25) is 15.2 Å². The number of ether oxygens (including phenoxy) is 2. The molecule has 0 aliphatic heterocycles. The zero-order valence-corrected chi connectivity index (χ0v) is 16.9. The van der Waals surface area contributed by atoms with Gasteiger partial charge in [-0.25, -0.2) is 9.78 Å². The Hall–Kier alpha value is -2.22. The summed E-state index contributed by atoms with van der Waals surface area (Å²) in [4.78, 5) is 14.9. The van der Waals surface area contributed by atoms with Gasteiger partial charge in [0.1, 0.15) is 10.0 Å². The van der Waals surface area contributed by atoms with Crippen LogP contribution in [0.4, 0.5) is 5.69 Å². The fourth-order valence-electron chi connectivity index (χ4n) is 2.24. The van der Waals surface area contributed by atoms with Crippen LogP contribution in [-0.4, -0.2) is 36.0 Å². The number of rotatable bonds is 7. The predicted octanol–water partition coefficient (Wildman–Crippen LogP) is 4.98. The van der Waals surface area contributed by atoms with Gasteiger partial charge < -0.3 is 14.6 Å².